The molecule has 2 heterocycles. The highest BCUT2D eigenvalue weighted by Crippen LogP contribution is 2.56. The number of alkyl halides is 2. The maximum atomic E-state index is 13.8. The van der Waals surface area contributed by atoms with Gasteiger partial charge in [-0.25, -0.2) is 18.8 Å². The third-order valence-corrected chi connectivity index (χ3v) is 3.49. The Kier molecular flexibility index (Phi) is 2.38. The van der Waals surface area contributed by atoms with Crippen LogP contribution in [0.3, 0.4) is 0 Å². The zero-order chi connectivity index (χ0) is 13.8. The summed E-state index contributed by atoms with van der Waals surface area (Å²) in [7, 11) is 0. The number of nitrogens with zero attached hydrogens (tertiary/aromatic N) is 2. The van der Waals surface area contributed by atoms with Crippen molar-refractivity contribution in [3.63, 3.8) is 0 Å². The lowest BCUT2D eigenvalue weighted by atomic mass is 9.85. The van der Waals surface area contributed by atoms with Crippen molar-refractivity contribution in [2.75, 3.05) is 5.73 Å². The van der Waals surface area contributed by atoms with E-state index in [2.05, 4.69) is 9.98 Å². The topological polar surface area (TPSA) is 86.5 Å². The minimum atomic E-state index is -2.93. The van der Waals surface area contributed by atoms with Gasteiger partial charge in [-0.2, -0.15) is 4.39 Å². The van der Waals surface area contributed by atoms with E-state index in [0.717, 1.165) is 12.3 Å². The van der Waals surface area contributed by atoms with E-state index in [1.165, 1.54) is 0 Å². The molecule has 3 atom stereocenters. The predicted octanol–water partition coefficient (Wildman–Crippen LogP) is 0.997. The summed E-state index contributed by atoms with van der Waals surface area (Å²) >= 11 is 0. The van der Waals surface area contributed by atoms with Gasteiger partial charge in [-0.15, -0.1) is 0 Å². The summed E-state index contributed by atoms with van der Waals surface area (Å²) in [6.45, 7) is 0. The Bertz CT molecular complexity index is 565. The average Bonchev–Trinajstić information content (AvgIpc) is 3.10. The average molecular weight is 272 g/mol. The molecule has 1 aromatic rings. The molecule has 19 heavy (non-hydrogen) atoms. The highest BCUT2D eigenvalue weighted by Gasteiger charge is 2.64. The lowest BCUT2D eigenvalue weighted by Crippen LogP contribution is -2.43. The molecule has 4 N–H and O–H groups in total. The van der Waals surface area contributed by atoms with Crippen molar-refractivity contribution in [3.8, 4) is 0 Å². The van der Waals surface area contributed by atoms with Gasteiger partial charge in [0.2, 0.25) is 5.95 Å². The second-order valence-corrected chi connectivity index (χ2v) is 4.68. The normalized spacial score (nSPS) is 32.5. The molecule has 0 aromatic carbocycles. The first-order chi connectivity index (χ1) is 8.95. The lowest BCUT2D eigenvalue weighted by Gasteiger charge is -2.32. The van der Waals surface area contributed by atoms with Crippen molar-refractivity contribution in [2.24, 2.45) is 16.6 Å². The minimum absolute atomic E-state index is 0.0916. The van der Waals surface area contributed by atoms with Crippen LogP contribution in [-0.2, 0) is 10.3 Å². The van der Waals surface area contributed by atoms with Crippen LogP contribution in [0, 0.1) is 11.9 Å². The van der Waals surface area contributed by atoms with Gasteiger partial charge >= 0.3 is 0 Å². The number of hydrogen-bond donors (Lipinski definition) is 2. The first-order valence-corrected chi connectivity index (χ1v) is 5.66. The number of hydrogen-bond acceptors (Lipinski definition) is 5. The van der Waals surface area contributed by atoms with E-state index in [1.54, 1.807) is 0 Å². The summed E-state index contributed by atoms with van der Waals surface area (Å²) in [5.74, 6) is -1.63. The van der Waals surface area contributed by atoms with Gasteiger partial charge in [-0.05, 0) is 12.5 Å². The van der Waals surface area contributed by atoms with Crippen molar-refractivity contribution in [1.82, 2.24) is 4.98 Å². The standard InChI is InChI=1S/C11H11F3N4O/c12-8-6(1-4(15)3-17-8)11(9(13)14)5-2-7(5)19-10(16)18-11/h1,3,5,7,9H,2,15H2,(H2,16,18)/t5-,7?,11-/m0/s1. The summed E-state index contributed by atoms with van der Waals surface area (Å²) in [4.78, 5) is 7.08. The Morgan fingerprint density at radius 3 is 2.84 bits per heavy atom. The maximum Gasteiger partial charge on any atom is 0.283 e. The summed E-state index contributed by atoms with van der Waals surface area (Å²) in [6.07, 6.45) is -1.97. The second kappa shape index (κ2) is 3.75. The molecule has 1 aliphatic heterocycles. The zero-order valence-electron chi connectivity index (χ0n) is 9.69. The third kappa shape index (κ3) is 1.62. The van der Waals surface area contributed by atoms with Crippen LogP contribution in [-0.4, -0.2) is 23.5 Å². The molecule has 0 saturated heterocycles. The summed E-state index contributed by atoms with van der Waals surface area (Å²) in [5, 5.41) is 0. The molecule has 1 fully saturated rings. The Labute approximate surface area is 106 Å². The van der Waals surface area contributed by atoms with E-state index in [4.69, 9.17) is 16.2 Å². The molecular formula is C11H11F3N4O. The van der Waals surface area contributed by atoms with Crippen LogP contribution in [0.25, 0.3) is 0 Å². The SMILES string of the molecule is NC1=N[C@@](c2cc(N)cnc2F)(C(F)F)[C@H]2CC2O1. The van der Waals surface area contributed by atoms with E-state index in [0.29, 0.717) is 6.42 Å². The fourth-order valence-corrected chi connectivity index (χ4v) is 2.54. The van der Waals surface area contributed by atoms with E-state index >= 15 is 0 Å². The van der Waals surface area contributed by atoms with E-state index in [1.807, 2.05) is 0 Å². The van der Waals surface area contributed by atoms with Crippen molar-refractivity contribution in [3.05, 3.63) is 23.8 Å². The lowest BCUT2D eigenvalue weighted by molar-refractivity contribution is 0.0172. The number of fused-ring (bicyclic) bond motifs is 1. The van der Waals surface area contributed by atoms with Crippen molar-refractivity contribution < 1.29 is 17.9 Å². The summed E-state index contributed by atoms with van der Waals surface area (Å²) < 4.78 is 46.0. The Balaban J connectivity index is 2.21. The van der Waals surface area contributed by atoms with E-state index in [9.17, 15) is 13.2 Å². The fraction of sp³-hybridized carbons (Fsp3) is 0.455. The number of halogens is 3. The van der Waals surface area contributed by atoms with Gasteiger partial charge in [0.25, 0.3) is 12.4 Å². The van der Waals surface area contributed by atoms with Crippen molar-refractivity contribution in [2.45, 2.75) is 24.5 Å². The Morgan fingerprint density at radius 2 is 2.16 bits per heavy atom. The number of ether oxygens (including phenoxy) is 1. The largest absolute Gasteiger partial charge is 0.462 e. The van der Waals surface area contributed by atoms with Gasteiger partial charge in [-0.3, -0.25) is 0 Å². The van der Waals surface area contributed by atoms with Crippen LogP contribution in [0.5, 0.6) is 0 Å². The molecule has 8 heteroatoms. The van der Waals surface area contributed by atoms with Gasteiger partial charge in [-0.1, -0.05) is 0 Å². The Morgan fingerprint density at radius 1 is 1.42 bits per heavy atom. The van der Waals surface area contributed by atoms with E-state index < -0.39 is 29.9 Å². The number of pyridine rings is 1. The molecular weight excluding hydrogens is 261 g/mol. The minimum Gasteiger partial charge on any atom is -0.462 e. The first kappa shape index (κ1) is 12.1. The van der Waals surface area contributed by atoms with Crippen molar-refractivity contribution in [1.29, 1.82) is 0 Å². The fourth-order valence-electron chi connectivity index (χ4n) is 2.54. The molecule has 1 unspecified atom stereocenters. The second-order valence-electron chi connectivity index (χ2n) is 4.68. The number of amidine groups is 1. The number of aliphatic imine (C=N–C) groups is 1. The molecule has 5 nitrogen and oxygen atoms in total. The molecule has 0 spiro atoms. The Hall–Kier alpha value is -1.99. The number of nitrogens with two attached hydrogens (primary N) is 2. The molecule has 3 rings (SSSR count). The summed E-state index contributed by atoms with van der Waals surface area (Å²) in [5.41, 5.74) is 8.62. The molecule has 102 valence electrons. The summed E-state index contributed by atoms with van der Waals surface area (Å²) in [6, 6.07) is 0.771. The van der Waals surface area contributed by atoms with Crippen LogP contribution in [0.2, 0.25) is 0 Å². The number of anilines is 1. The number of aromatic nitrogens is 1. The van der Waals surface area contributed by atoms with Gasteiger partial charge in [0.15, 0.2) is 5.54 Å². The highest BCUT2D eigenvalue weighted by atomic mass is 19.3. The highest BCUT2D eigenvalue weighted by molar-refractivity contribution is 5.74. The van der Waals surface area contributed by atoms with Gasteiger partial charge < -0.3 is 16.2 Å². The molecule has 1 aliphatic carbocycles. The number of rotatable bonds is 2. The van der Waals surface area contributed by atoms with Crippen LogP contribution in [0.4, 0.5) is 18.9 Å². The predicted molar refractivity (Wildman–Crippen MR) is 60.9 cm³/mol. The zero-order valence-corrected chi connectivity index (χ0v) is 9.69. The third-order valence-electron chi connectivity index (χ3n) is 3.49. The first-order valence-electron chi connectivity index (χ1n) is 5.66. The number of nitrogen functional groups attached to an aromatic ring is 1. The van der Waals surface area contributed by atoms with Crippen LogP contribution < -0.4 is 11.5 Å². The van der Waals surface area contributed by atoms with Gasteiger partial charge in [0.1, 0.15) is 6.10 Å². The van der Waals surface area contributed by atoms with E-state index in [-0.39, 0.29) is 17.3 Å². The molecule has 2 aliphatic rings. The molecule has 1 saturated carbocycles. The molecule has 0 radical (unpaired) electrons. The van der Waals surface area contributed by atoms with Gasteiger partial charge in [0, 0.05) is 11.5 Å². The monoisotopic (exact) mass is 272 g/mol. The quantitative estimate of drug-likeness (QED) is 0.786. The molecule has 1 aromatic heterocycles. The van der Waals surface area contributed by atoms with Crippen LogP contribution in [0.15, 0.2) is 17.3 Å². The van der Waals surface area contributed by atoms with Crippen LogP contribution in [0.1, 0.15) is 12.0 Å². The maximum absolute atomic E-state index is 13.8. The molecule has 0 bridgehead atoms. The van der Waals surface area contributed by atoms with Crippen LogP contribution >= 0.6 is 0 Å². The molecule has 0 amide bonds. The van der Waals surface area contributed by atoms with Gasteiger partial charge in [0.05, 0.1) is 11.9 Å². The van der Waals surface area contributed by atoms with Crippen molar-refractivity contribution >= 4 is 11.7 Å². The smallest absolute Gasteiger partial charge is 0.283 e.